The summed E-state index contributed by atoms with van der Waals surface area (Å²) < 4.78 is 42.4. The third-order valence-corrected chi connectivity index (χ3v) is 6.66. The average Bonchev–Trinajstić information content (AvgIpc) is 3.37. The van der Waals surface area contributed by atoms with Gasteiger partial charge in [-0.1, -0.05) is 30.4 Å². The first kappa shape index (κ1) is 18.3. The third-order valence-electron chi connectivity index (χ3n) is 6.66. The molecule has 2 aromatic rings. The van der Waals surface area contributed by atoms with Crippen LogP contribution in [0.4, 0.5) is 13.2 Å². The highest BCUT2D eigenvalue weighted by atomic mass is 19.4. The molecule has 2 N–H and O–H groups in total. The van der Waals surface area contributed by atoms with E-state index in [0.29, 0.717) is 23.9 Å². The third kappa shape index (κ3) is 2.61. The fourth-order valence-corrected chi connectivity index (χ4v) is 5.51. The number of aliphatic carboxylic acids is 1. The number of para-hydroxylation sites is 1. The Morgan fingerprint density at radius 3 is 2.48 bits per heavy atom. The Bertz CT molecular complexity index is 1040. The molecule has 2 bridgehead atoms. The SMILES string of the molecule is O=C(O)[C@@H]1[C@@H](C(=O)N2CCc3c([nH]c4ccccc34)[C@@H]2C(F)(F)F)[C@H]2C=C[C@H]1C2. The quantitative estimate of drug-likeness (QED) is 0.750. The summed E-state index contributed by atoms with van der Waals surface area (Å²) in [6.07, 6.45) is -0.298. The summed E-state index contributed by atoms with van der Waals surface area (Å²) in [7, 11) is 0. The van der Waals surface area contributed by atoms with Crippen molar-refractivity contribution in [2.45, 2.75) is 25.1 Å². The molecule has 1 saturated carbocycles. The van der Waals surface area contributed by atoms with Gasteiger partial charge in [0, 0.05) is 17.4 Å². The summed E-state index contributed by atoms with van der Waals surface area (Å²) in [4.78, 5) is 28.8. The minimum Gasteiger partial charge on any atom is -0.481 e. The van der Waals surface area contributed by atoms with Crippen LogP contribution in [0.15, 0.2) is 36.4 Å². The molecule has 2 heterocycles. The van der Waals surface area contributed by atoms with Gasteiger partial charge in [0.15, 0.2) is 6.04 Å². The van der Waals surface area contributed by atoms with E-state index in [1.165, 1.54) is 0 Å². The minimum absolute atomic E-state index is 0.0103. The Morgan fingerprint density at radius 2 is 1.79 bits per heavy atom. The molecule has 0 saturated heterocycles. The van der Waals surface area contributed by atoms with Gasteiger partial charge in [0.2, 0.25) is 5.91 Å². The van der Waals surface area contributed by atoms with E-state index in [2.05, 4.69) is 4.98 Å². The molecule has 8 heteroatoms. The van der Waals surface area contributed by atoms with Crippen LogP contribution < -0.4 is 0 Å². The number of carbonyl (C=O) groups is 2. The largest absolute Gasteiger partial charge is 0.481 e. The van der Waals surface area contributed by atoms with Crippen LogP contribution in [0.5, 0.6) is 0 Å². The molecule has 1 fully saturated rings. The number of H-pyrrole nitrogens is 1. The number of carboxylic acid groups (broad SMARTS) is 1. The molecule has 3 aliphatic rings. The summed E-state index contributed by atoms with van der Waals surface area (Å²) in [5.74, 6) is -4.34. The van der Waals surface area contributed by atoms with Gasteiger partial charge in [-0.15, -0.1) is 0 Å². The predicted molar refractivity (Wildman–Crippen MR) is 97.9 cm³/mol. The highest BCUT2D eigenvalue weighted by Crippen LogP contribution is 2.51. The lowest BCUT2D eigenvalue weighted by atomic mass is 9.81. The summed E-state index contributed by atoms with van der Waals surface area (Å²) in [6, 6.07) is 4.92. The van der Waals surface area contributed by atoms with Crippen molar-refractivity contribution in [3.8, 4) is 0 Å². The smallest absolute Gasteiger partial charge is 0.414 e. The monoisotopic (exact) mass is 404 g/mol. The van der Waals surface area contributed by atoms with Crippen molar-refractivity contribution in [3.63, 3.8) is 0 Å². The number of amides is 1. The van der Waals surface area contributed by atoms with E-state index in [-0.39, 0.29) is 24.1 Å². The van der Waals surface area contributed by atoms with Crippen molar-refractivity contribution in [1.82, 2.24) is 9.88 Å². The van der Waals surface area contributed by atoms with Gasteiger partial charge in [-0.3, -0.25) is 9.59 Å². The molecule has 0 unspecified atom stereocenters. The number of hydrogen-bond acceptors (Lipinski definition) is 2. The standard InChI is InChI=1S/C21H19F3N2O3/c22-21(23,24)18-17-13(12-3-1-2-4-14(12)25-17)7-8-26(18)19(27)15-10-5-6-11(9-10)16(15)20(28)29/h1-6,10-11,15-16,18,25H,7-9H2,(H,28,29)/t10-,11-,15-,16-,18+/m0/s1. The maximum atomic E-state index is 14.1. The van der Waals surface area contributed by atoms with Gasteiger partial charge in [-0.25, -0.2) is 0 Å². The van der Waals surface area contributed by atoms with Gasteiger partial charge < -0.3 is 15.0 Å². The number of halogens is 3. The van der Waals surface area contributed by atoms with E-state index < -0.39 is 35.9 Å². The number of rotatable bonds is 2. The number of aromatic amines is 1. The second-order valence-electron chi connectivity index (χ2n) is 8.13. The van der Waals surface area contributed by atoms with Crippen molar-refractivity contribution in [3.05, 3.63) is 47.7 Å². The van der Waals surface area contributed by atoms with Crippen molar-refractivity contribution in [2.24, 2.45) is 23.7 Å². The van der Waals surface area contributed by atoms with Crippen LogP contribution in [-0.4, -0.2) is 39.6 Å². The number of carboxylic acids is 1. The maximum absolute atomic E-state index is 14.1. The zero-order chi connectivity index (χ0) is 20.5. The second kappa shape index (κ2) is 6.11. The number of nitrogens with zero attached hydrogens (tertiary/aromatic N) is 1. The molecule has 1 amide bonds. The van der Waals surface area contributed by atoms with Gasteiger partial charge in [-0.2, -0.15) is 13.2 Å². The molecule has 152 valence electrons. The van der Waals surface area contributed by atoms with Crippen molar-refractivity contribution >= 4 is 22.8 Å². The van der Waals surface area contributed by atoms with E-state index in [1.54, 1.807) is 36.4 Å². The molecule has 1 aliphatic heterocycles. The average molecular weight is 404 g/mol. The number of alkyl halides is 3. The highest BCUT2D eigenvalue weighted by molar-refractivity contribution is 5.89. The van der Waals surface area contributed by atoms with E-state index in [9.17, 15) is 27.9 Å². The lowest BCUT2D eigenvalue weighted by molar-refractivity contribution is -0.197. The number of carbonyl (C=O) groups excluding carboxylic acids is 1. The Morgan fingerprint density at radius 1 is 1.10 bits per heavy atom. The van der Waals surface area contributed by atoms with Crippen LogP contribution in [-0.2, 0) is 16.0 Å². The summed E-state index contributed by atoms with van der Waals surface area (Å²) in [5.41, 5.74) is 1.17. The summed E-state index contributed by atoms with van der Waals surface area (Å²) in [5, 5.41) is 10.3. The predicted octanol–water partition coefficient (Wildman–Crippen LogP) is 3.68. The Hall–Kier alpha value is -2.77. The first-order chi connectivity index (χ1) is 13.8. The van der Waals surface area contributed by atoms with E-state index >= 15 is 0 Å². The number of allylic oxidation sites excluding steroid dienone is 2. The molecule has 1 aromatic carbocycles. The molecule has 0 spiro atoms. The van der Waals surface area contributed by atoms with Crippen LogP contribution in [0, 0.1) is 23.7 Å². The van der Waals surface area contributed by atoms with Crippen LogP contribution in [0.1, 0.15) is 23.7 Å². The fourth-order valence-electron chi connectivity index (χ4n) is 5.51. The van der Waals surface area contributed by atoms with Crippen molar-refractivity contribution in [1.29, 1.82) is 0 Å². The number of aromatic nitrogens is 1. The molecule has 5 nitrogen and oxygen atoms in total. The topological polar surface area (TPSA) is 73.4 Å². The highest BCUT2D eigenvalue weighted by Gasteiger charge is 2.57. The molecule has 29 heavy (non-hydrogen) atoms. The molecule has 5 atom stereocenters. The van der Waals surface area contributed by atoms with Crippen molar-refractivity contribution in [2.75, 3.05) is 6.54 Å². The molecule has 0 radical (unpaired) electrons. The zero-order valence-corrected chi connectivity index (χ0v) is 15.3. The molecular weight excluding hydrogens is 385 g/mol. The van der Waals surface area contributed by atoms with Crippen molar-refractivity contribution < 1.29 is 27.9 Å². The van der Waals surface area contributed by atoms with E-state index in [4.69, 9.17) is 0 Å². The first-order valence-electron chi connectivity index (χ1n) is 9.65. The molecule has 2 aliphatic carbocycles. The van der Waals surface area contributed by atoms with Crippen LogP contribution in [0.25, 0.3) is 10.9 Å². The van der Waals surface area contributed by atoms with Gasteiger partial charge in [-0.05, 0) is 36.3 Å². The summed E-state index contributed by atoms with van der Waals surface area (Å²) >= 11 is 0. The van der Waals surface area contributed by atoms with Gasteiger partial charge >= 0.3 is 12.1 Å². The van der Waals surface area contributed by atoms with Gasteiger partial charge in [0.1, 0.15) is 0 Å². The Balaban J connectivity index is 1.57. The fraction of sp³-hybridized carbons (Fsp3) is 0.429. The zero-order valence-electron chi connectivity index (χ0n) is 15.3. The van der Waals surface area contributed by atoms with E-state index in [1.807, 2.05) is 0 Å². The van der Waals surface area contributed by atoms with Crippen LogP contribution >= 0.6 is 0 Å². The van der Waals surface area contributed by atoms with Gasteiger partial charge in [0.25, 0.3) is 0 Å². The lowest BCUT2D eigenvalue weighted by Crippen LogP contribution is -2.51. The number of nitrogens with one attached hydrogen (secondary N) is 1. The number of benzene rings is 1. The number of fused-ring (bicyclic) bond motifs is 5. The second-order valence-corrected chi connectivity index (χ2v) is 8.13. The lowest BCUT2D eigenvalue weighted by Gasteiger charge is -2.39. The van der Waals surface area contributed by atoms with Crippen LogP contribution in [0.2, 0.25) is 0 Å². The minimum atomic E-state index is -4.67. The normalized spacial score (nSPS) is 30.7. The molecule has 5 rings (SSSR count). The molecular formula is C21H19F3N2O3. The van der Waals surface area contributed by atoms with E-state index in [0.717, 1.165) is 10.3 Å². The van der Waals surface area contributed by atoms with Gasteiger partial charge in [0.05, 0.1) is 17.5 Å². The maximum Gasteiger partial charge on any atom is 0.414 e. The molecule has 1 aromatic heterocycles. The summed E-state index contributed by atoms with van der Waals surface area (Å²) in [6.45, 7) is -0.0815. The Kier molecular flexibility index (Phi) is 3.85. The van der Waals surface area contributed by atoms with Crippen LogP contribution in [0.3, 0.4) is 0 Å². The first-order valence-corrected chi connectivity index (χ1v) is 9.65. The number of hydrogen-bond donors (Lipinski definition) is 2. The Labute approximate surface area is 164 Å².